The van der Waals surface area contributed by atoms with Crippen molar-refractivity contribution in [2.75, 3.05) is 25.1 Å². The molecule has 0 radical (unpaired) electrons. The first kappa shape index (κ1) is 13.2. The molecule has 0 amide bonds. The Bertz CT molecular complexity index is 448. The Morgan fingerprint density at radius 1 is 1.56 bits per heavy atom. The lowest BCUT2D eigenvalue weighted by atomic mass is 10.1. The van der Waals surface area contributed by atoms with Crippen molar-refractivity contribution in [3.63, 3.8) is 0 Å². The van der Waals surface area contributed by atoms with E-state index in [1.54, 1.807) is 0 Å². The van der Waals surface area contributed by atoms with Gasteiger partial charge in [0.05, 0.1) is 12.2 Å². The molecule has 1 aliphatic carbocycles. The largest absolute Gasteiger partial charge is 0.389 e. The van der Waals surface area contributed by atoms with Crippen LogP contribution in [0.3, 0.4) is 0 Å². The van der Waals surface area contributed by atoms with Crippen molar-refractivity contribution in [2.24, 2.45) is 5.73 Å². The molecular weight excluding hydrogens is 246 g/mol. The summed E-state index contributed by atoms with van der Waals surface area (Å²) in [5, 5.41) is 3.26. The Labute approximate surface area is 113 Å². The fraction of sp³-hybridized carbons (Fsp3) is 0.538. The standard InChI is InChI=1S/C13H19N3OS/c1-2-17-7-6-15-13-10(12(14)18)8-9-4-3-5-11(9)16-13/h8H,2-7H2,1H3,(H2,14,18)(H,15,16). The van der Waals surface area contributed by atoms with E-state index < -0.39 is 0 Å². The minimum atomic E-state index is 0.399. The van der Waals surface area contributed by atoms with Crippen LogP contribution in [0.4, 0.5) is 5.82 Å². The number of rotatable bonds is 6. The van der Waals surface area contributed by atoms with Gasteiger partial charge in [-0.2, -0.15) is 0 Å². The predicted octanol–water partition coefficient (Wildman–Crippen LogP) is 1.65. The molecule has 0 atom stereocenters. The van der Waals surface area contributed by atoms with Gasteiger partial charge in [-0.25, -0.2) is 4.98 Å². The minimum Gasteiger partial charge on any atom is -0.389 e. The third-order valence-electron chi connectivity index (χ3n) is 3.06. The van der Waals surface area contributed by atoms with Crippen LogP contribution in [-0.2, 0) is 17.6 Å². The van der Waals surface area contributed by atoms with E-state index in [2.05, 4.69) is 16.4 Å². The number of aromatic nitrogens is 1. The lowest BCUT2D eigenvalue weighted by Gasteiger charge is -2.12. The Balaban J connectivity index is 2.14. The summed E-state index contributed by atoms with van der Waals surface area (Å²) in [5.41, 5.74) is 9.07. The van der Waals surface area contributed by atoms with Gasteiger partial charge < -0.3 is 15.8 Å². The smallest absolute Gasteiger partial charge is 0.136 e. The molecule has 1 heterocycles. The third kappa shape index (κ3) is 2.97. The molecule has 98 valence electrons. The highest BCUT2D eigenvalue weighted by Crippen LogP contribution is 2.25. The molecule has 1 aromatic rings. The number of nitrogens with one attached hydrogen (secondary N) is 1. The summed E-state index contributed by atoms with van der Waals surface area (Å²) in [6.07, 6.45) is 3.30. The summed E-state index contributed by atoms with van der Waals surface area (Å²) < 4.78 is 5.29. The number of anilines is 1. The Kier molecular flexibility index (Phi) is 4.49. The van der Waals surface area contributed by atoms with E-state index in [1.807, 2.05) is 6.92 Å². The quantitative estimate of drug-likeness (QED) is 0.605. The van der Waals surface area contributed by atoms with Crippen LogP contribution >= 0.6 is 12.2 Å². The van der Waals surface area contributed by atoms with E-state index in [1.165, 1.54) is 17.7 Å². The molecule has 0 spiro atoms. The SMILES string of the molecule is CCOCCNc1nc2c(cc1C(N)=S)CCC2. The second-order valence-corrected chi connectivity index (χ2v) is 4.77. The van der Waals surface area contributed by atoms with E-state index in [0.717, 1.165) is 37.4 Å². The molecular formula is C13H19N3OS. The molecule has 0 fully saturated rings. The zero-order valence-electron chi connectivity index (χ0n) is 10.7. The molecule has 0 aliphatic heterocycles. The molecule has 3 N–H and O–H groups in total. The number of nitrogens with zero attached hydrogens (tertiary/aromatic N) is 1. The van der Waals surface area contributed by atoms with Crippen LogP contribution in [0.15, 0.2) is 6.07 Å². The van der Waals surface area contributed by atoms with E-state index >= 15 is 0 Å². The highest BCUT2D eigenvalue weighted by molar-refractivity contribution is 7.80. The van der Waals surface area contributed by atoms with Gasteiger partial charge in [0.1, 0.15) is 10.8 Å². The van der Waals surface area contributed by atoms with Gasteiger partial charge >= 0.3 is 0 Å². The third-order valence-corrected chi connectivity index (χ3v) is 3.28. The average molecular weight is 265 g/mol. The maximum atomic E-state index is 5.76. The summed E-state index contributed by atoms with van der Waals surface area (Å²) in [6, 6.07) is 2.08. The maximum absolute atomic E-state index is 5.76. The van der Waals surface area contributed by atoms with Crippen LogP contribution in [0.2, 0.25) is 0 Å². The zero-order chi connectivity index (χ0) is 13.0. The van der Waals surface area contributed by atoms with Crippen molar-refractivity contribution >= 4 is 23.0 Å². The lowest BCUT2D eigenvalue weighted by Crippen LogP contribution is -2.18. The van der Waals surface area contributed by atoms with Crippen molar-refractivity contribution in [1.29, 1.82) is 0 Å². The van der Waals surface area contributed by atoms with Crippen LogP contribution in [0.1, 0.15) is 30.2 Å². The molecule has 0 unspecified atom stereocenters. The van der Waals surface area contributed by atoms with Gasteiger partial charge in [0, 0.05) is 18.8 Å². The van der Waals surface area contributed by atoms with Crippen molar-refractivity contribution in [3.8, 4) is 0 Å². The molecule has 1 aliphatic rings. The molecule has 18 heavy (non-hydrogen) atoms. The summed E-state index contributed by atoms with van der Waals surface area (Å²) in [5.74, 6) is 0.794. The Hall–Kier alpha value is -1.20. The Morgan fingerprint density at radius 2 is 2.39 bits per heavy atom. The first-order valence-electron chi connectivity index (χ1n) is 6.36. The van der Waals surface area contributed by atoms with Crippen LogP contribution in [0.5, 0.6) is 0 Å². The first-order valence-corrected chi connectivity index (χ1v) is 6.77. The molecule has 1 aromatic heterocycles. The maximum Gasteiger partial charge on any atom is 0.136 e. The molecule has 0 bridgehead atoms. The number of pyridine rings is 1. The molecule has 0 saturated heterocycles. The summed E-state index contributed by atoms with van der Waals surface area (Å²) >= 11 is 5.09. The average Bonchev–Trinajstić information content (AvgIpc) is 2.80. The van der Waals surface area contributed by atoms with Crippen molar-refractivity contribution in [2.45, 2.75) is 26.2 Å². The predicted molar refractivity (Wildman–Crippen MR) is 77.1 cm³/mol. The molecule has 0 saturated carbocycles. The van der Waals surface area contributed by atoms with Gasteiger partial charge in [0.25, 0.3) is 0 Å². The number of fused-ring (bicyclic) bond motifs is 1. The van der Waals surface area contributed by atoms with Crippen LogP contribution in [0.25, 0.3) is 0 Å². The van der Waals surface area contributed by atoms with Crippen molar-refractivity contribution < 1.29 is 4.74 Å². The number of hydrogen-bond acceptors (Lipinski definition) is 4. The van der Waals surface area contributed by atoms with Gasteiger partial charge in [0.2, 0.25) is 0 Å². The summed E-state index contributed by atoms with van der Waals surface area (Å²) in [4.78, 5) is 5.04. The van der Waals surface area contributed by atoms with E-state index in [-0.39, 0.29) is 0 Å². The number of thiocarbonyl (C=S) groups is 1. The molecule has 0 aromatic carbocycles. The van der Waals surface area contributed by atoms with Crippen LogP contribution < -0.4 is 11.1 Å². The van der Waals surface area contributed by atoms with Gasteiger partial charge in [-0.05, 0) is 37.8 Å². The second kappa shape index (κ2) is 6.11. The number of hydrogen-bond donors (Lipinski definition) is 2. The van der Waals surface area contributed by atoms with Crippen molar-refractivity contribution in [1.82, 2.24) is 4.98 Å². The fourth-order valence-corrected chi connectivity index (χ4v) is 2.34. The fourth-order valence-electron chi connectivity index (χ4n) is 2.18. The molecule has 2 rings (SSSR count). The highest BCUT2D eigenvalue weighted by atomic mass is 32.1. The molecule has 4 nitrogen and oxygen atoms in total. The zero-order valence-corrected chi connectivity index (χ0v) is 11.5. The van der Waals surface area contributed by atoms with Gasteiger partial charge in [-0.3, -0.25) is 0 Å². The summed E-state index contributed by atoms with van der Waals surface area (Å²) in [6.45, 7) is 4.08. The number of ether oxygens (including phenoxy) is 1. The highest BCUT2D eigenvalue weighted by Gasteiger charge is 2.17. The van der Waals surface area contributed by atoms with E-state index in [0.29, 0.717) is 11.6 Å². The molecule has 5 heteroatoms. The van der Waals surface area contributed by atoms with Crippen LogP contribution in [-0.4, -0.2) is 29.7 Å². The van der Waals surface area contributed by atoms with E-state index in [4.69, 9.17) is 22.7 Å². The van der Waals surface area contributed by atoms with E-state index in [9.17, 15) is 0 Å². The van der Waals surface area contributed by atoms with Crippen molar-refractivity contribution in [3.05, 3.63) is 22.9 Å². The summed E-state index contributed by atoms with van der Waals surface area (Å²) in [7, 11) is 0. The first-order chi connectivity index (χ1) is 8.72. The topological polar surface area (TPSA) is 60.2 Å². The number of nitrogens with two attached hydrogens (primary N) is 1. The second-order valence-electron chi connectivity index (χ2n) is 4.33. The number of aryl methyl sites for hydroxylation is 2. The van der Waals surface area contributed by atoms with Gasteiger partial charge in [-0.15, -0.1) is 0 Å². The minimum absolute atomic E-state index is 0.399. The van der Waals surface area contributed by atoms with Gasteiger partial charge in [0.15, 0.2) is 0 Å². The normalized spacial score (nSPS) is 13.4. The monoisotopic (exact) mass is 265 g/mol. The Morgan fingerprint density at radius 3 is 3.11 bits per heavy atom. The van der Waals surface area contributed by atoms with Crippen LogP contribution in [0, 0.1) is 0 Å². The lowest BCUT2D eigenvalue weighted by molar-refractivity contribution is 0.158. The van der Waals surface area contributed by atoms with Gasteiger partial charge in [-0.1, -0.05) is 12.2 Å².